The number of hydrogen-bond acceptors (Lipinski definition) is 2. The van der Waals surface area contributed by atoms with Crippen molar-refractivity contribution in [3.05, 3.63) is 35.4 Å². The smallest absolute Gasteiger partial charge is 0.307 e. The molecule has 1 atom stereocenters. The summed E-state index contributed by atoms with van der Waals surface area (Å²) < 4.78 is 0. The van der Waals surface area contributed by atoms with Crippen molar-refractivity contribution in [2.75, 3.05) is 6.54 Å². The summed E-state index contributed by atoms with van der Waals surface area (Å²) in [6.07, 6.45) is 4.04. The van der Waals surface area contributed by atoms with Gasteiger partial charge in [0.15, 0.2) is 0 Å². The fraction of sp³-hybridized carbons (Fsp3) is 0.533. The van der Waals surface area contributed by atoms with Gasteiger partial charge in [-0.1, -0.05) is 30.7 Å². The molecule has 1 aliphatic rings. The summed E-state index contributed by atoms with van der Waals surface area (Å²) in [5, 5.41) is 8.72. The summed E-state index contributed by atoms with van der Waals surface area (Å²) in [5.74, 6) is -0.771. The molecule has 1 unspecified atom stereocenters. The van der Waals surface area contributed by atoms with Crippen LogP contribution in [-0.4, -0.2) is 28.6 Å². The second-order valence-corrected chi connectivity index (χ2v) is 5.20. The lowest BCUT2D eigenvalue weighted by Crippen LogP contribution is -2.36. The summed E-state index contributed by atoms with van der Waals surface area (Å²) >= 11 is 0. The molecular formula is C15H21NO2. The SMILES string of the molecule is CC1CCCCN1Cc1ccc(CC(=O)O)cc1. The predicted molar refractivity (Wildman–Crippen MR) is 71.5 cm³/mol. The lowest BCUT2D eigenvalue weighted by Gasteiger charge is -2.33. The highest BCUT2D eigenvalue weighted by molar-refractivity contribution is 5.70. The van der Waals surface area contributed by atoms with Crippen LogP contribution in [0.4, 0.5) is 0 Å². The van der Waals surface area contributed by atoms with Gasteiger partial charge >= 0.3 is 5.97 Å². The van der Waals surface area contributed by atoms with Gasteiger partial charge in [-0.15, -0.1) is 0 Å². The van der Waals surface area contributed by atoms with Crippen LogP contribution in [0.5, 0.6) is 0 Å². The Hall–Kier alpha value is -1.35. The highest BCUT2D eigenvalue weighted by Crippen LogP contribution is 2.19. The summed E-state index contributed by atoms with van der Waals surface area (Å²) in [6.45, 7) is 4.45. The third kappa shape index (κ3) is 3.57. The third-order valence-corrected chi connectivity index (χ3v) is 3.70. The van der Waals surface area contributed by atoms with Gasteiger partial charge in [-0.25, -0.2) is 0 Å². The molecule has 0 saturated carbocycles. The average Bonchev–Trinajstić information content (AvgIpc) is 2.34. The van der Waals surface area contributed by atoms with E-state index in [1.807, 2.05) is 12.1 Å². The largest absolute Gasteiger partial charge is 0.481 e. The number of aliphatic carboxylic acids is 1. The van der Waals surface area contributed by atoms with E-state index in [0.717, 1.165) is 12.1 Å². The van der Waals surface area contributed by atoms with Crippen molar-refractivity contribution in [3.63, 3.8) is 0 Å². The van der Waals surface area contributed by atoms with Crippen molar-refractivity contribution < 1.29 is 9.90 Å². The van der Waals surface area contributed by atoms with Crippen LogP contribution in [0.1, 0.15) is 37.3 Å². The van der Waals surface area contributed by atoms with Crippen molar-refractivity contribution >= 4 is 5.97 Å². The van der Waals surface area contributed by atoms with E-state index in [0.29, 0.717) is 6.04 Å². The van der Waals surface area contributed by atoms with Gasteiger partial charge in [-0.3, -0.25) is 9.69 Å². The van der Waals surface area contributed by atoms with Crippen LogP contribution in [0, 0.1) is 0 Å². The summed E-state index contributed by atoms with van der Waals surface area (Å²) in [6, 6.07) is 8.63. The molecule has 0 aromatic heterocycles. The quantitative estimate of drug-likeness (QED) is 0.889. The molecule has 0 spiro atoms. The Bertz CT molecular complexity index is 399. The van der Waals surface area contributed by atoms with E-state index in [1.54, 1.807) is 0 Å². The monoisotopic (exact) mass is 247 g/mol. The Balaban J connectivity index is 1.95. The molecule has 1 aromatic rings. The van der Waals surface area contributed by atoms with Crippen LogP contribution in [0.3, 0.4) is 0 Å². The van der Waals surface area contributed by atoms with Gasteiger partial charge in [0.2, 0.25) is 0 Å². The first-order chi connectivity index (χ1) is 8.65. The van der Waals surface area contributed by atoms with Crippen molar-refractivity contribution in [1.82, 2.24) is 4.90 Å². The number of piperidine rings is 1. The van der Waals surface area contributed by atoms with Crippen molar-refractivity contribution in [2.24, 2.45) is 0 Å². The molecule has 1 saturated heterocycles. The maximum Gasteiger partial charge on any atom is 0.307 e. The number of nitrogens with zero attached hydrogens (tertiary/aromatic N) is 1. The molecular weight excluding hydrogens is 226 g/mol. The summed E-state index contributed by atoms with van der Waals surface area (Å²) in [7, 11) is 0. The number of carbonyl (C=O) groups is 1. The molecule has 2 rings (SSSR count). The van der Waals surface area contributed by atoms with Crippen LogP contribution in [-0.2, 0) is 17.8 Å². The highest BCUT2D eigenvalue weighted by atomic mass is 16.4. The highest BCUT2D eigenvalue weighted by Gasteiger charge is 2.17. The number of hydrogen-bond donors (Lipinski definition) is 1. The van der Waals surface area contributed by atoms with Crippen LogP contribution in [0.2, 0.25) is 0 Å². The molecule has 1 fully saturated rings. The molecule has 3 nitrogen and oxygen atoms in total. The van der Waals surface area contributed by atoms with E-state index in [-0.39, 0.29) is 6.42 Å². The van der Waals surface area contributed by atoms with E-state index in [1.165, 1.54) is 31.4 Å². The summed E-state index contributed by atoms with van der Waals surface area (Å²) in [5.41, 5.74) is 2.15. The maximum atomic E-state index is 10.6. The van der Waals surface area contributed by atoms with E-state index < -0.39 is 5.97 Å². The first-order valence-electron chi connectivity index (χ1n) is 6.69. The molecule has 1 N–H and O–H groups in total. The lowest BCUT2D eigenvalue weighted by molar-refractivity contribution is -0.136. The lowest BCUT2D eigenvalue weighted by atomic mass is 10.0. The van der Waals surface area contributed by atoms with E-state index in [9.17, 15) is 4.79 Å². The molecule has 0 aliphatic carbocycles. The fourth-order valence-corrected chi connectivity index (χ4v) is 2.56. The zero-order chi connectivity index (χ0) is 13.0. The molecule has 1 heterocycles. The Kier molecular flexibility index (Phi) is 4.37. The zero-order valence-corrected chi connectivity index (χ0v) is 10.9. The molecule has 0 radical (unpaired) electrons. The fourth-order valence-electron chi connectivity index (χ4n) is 2.56. The minimum Gasteiger partial charge on any atom is -0.481 e. The molecule has 0 bridgehead atoms. The van der Waals surface area contributed by atoms with E-state index >= 15 is 0 Å². The van der Waals surface area contributed by atoms with Crippen LogP contribution < -0.4 is 0 Å². The van der Waals surface area contributed by atoms with Crippen molar-refractivity contribution in [3.8, 4) is 0 Å². The molecule has 98 valence electrons. The molecule has 1 aromatic carbocycles. The first-order valence-corrected chi connectivity index (χ1v) is 6.69. The minimum atomic E-state index is -0.771. The Morgan fingerprint density at radius 3 is 2.56 bits per heavy atom. The van der Waals surface area contributed by atoms with Gasteiger partial charge < -0.3 is 5.11 Å². The van der Waals surface area contributed by atoms with Crippen molar-refractivity contribution in [1.29, 1.82) is 0 Å². The number of benzene rings is 1. The second kappa shape index (κ2) is 6.01. The van der Waals surface area contributed by atoms with Gasteiger partial charge in [0, 0.05) is 12.6 Å². The Morgan fingerprint density at radius 2 is 1.94 bits per heavy atom. The van der Waals surface area contributed by atoms with Gasteiger partial charge in [0.1, 0.15) is 0 Å². The number of likely N-dealkylation sites (tertiary alicyclic amines) is 1. The number of rotatable bonds is 4. The average molecular weight is 247 g/mol. The standard InChI is InChI=1S/C15H21NO2/c1-12-4-2-3-9-16(12)11-14-7-5-13(6-8-14)10-15(17)18/h5-8,12H,2-4,9-11H2,1H3,(H,17,18). The molecule has 18 heavy (non-hydrogen) atoms. The van der Waals surface area contributed by atoms with Gasteiger partial charge in [-0.2, -0.15) is 0 Å². The topological polar surface area (TPSA) is 40.5 Å². The van der Waals surface area contributed by atoms with Crippen LogP contribution in [0.25, 0.3) is 0 Å². The van der Waals surface area contributed by atoms with Crippen molar-refractivity contribution in [2.45, 2.75) is 45.2 Å². The maximum absolute atomic E-state index is 10.6. The van der Waals surface area contributed by atoms with Gasteiger partial charge in [0.05, 0.1) is 6.42 Å². The number of carboxylic acids is 1. The van der Waals surface area contributed by atoms with Crippen LogP contribution in [0.15, 0.2) is 24.3 Å². The first kappa shape index (κ1) is 13.1. The van der Waals surface area contributed by atoms with Gasteiger partial charge in [0.25, 0.3) is 0 Å². The van der Waals surface area contributed by atoms with E-state index in [4.69, 9.17) is 5.11 Å². The predicted octanol–water partition coefficient (Wildman–Crippen LogP) is 2.69. The van der Waals surface area contributed by atoms with Crippen LogP contribution >= 0.6 is 0 Å². The van der Waals surface area contributed by atoms with Gasteiger partial charge in [-0.05, 0) is 37.4 Å². The molecule has 1 aliphatic heterocycles. The minimum absolute atomic E-state index is 0.112. The second-order valence-electron chi connectivity index (χ2n) is 5.20. The summed E-state index contributed by atoms with van der Waals surface area (Å²) in [4.78, 5) is 13.1. The Morgan fingerprint density at radius 1 is 1.28 bits per heavy atom. The third-order valence-electron chi connectivity index (χ3n) is 3.70. The normalized spacial score (nSPS) is 20.8. The molecule has 0 amide bonds. The molecule has 3 heteroatoms. The Labute approximate surface area is 108 Å². The number of carboxylic acid groups (broad SMARTS) is 1. The zero-order valence-electron chi connectivity index (χ0n) is 10.9. The van der Waals surface area contributed by atoms with E-state index in [2.05, 4.69) is 24.0 Å².